The lowest BCUT2D eigenvalue weighted by atomic mass is 9.96. The summed E-state index contributed by atoms with van der Waals surface area (Å²) >= 11 is 1.37. The van der Waals surface area contributed by atoms with Gasteiger partial charge in [0.05, 0.1) is 5.69 Å². The van der Waals surface area contributed by atoms with Gasteiger partial charge in [-0.05, 0) is 37.5 Å². The lowest BCUT2D eigenvalue weighted by Crippen LogP contribution is -2.34. The number of aromatic carboxylic acids is 1. The Hall–Kier alpha value is -1.10. The molecule has 0 radical (unpaired) electrons. The molecule has 5 heteroatoms. The first-order chi connectivity index (χ1) is 10.1. The molecule has 0 amide bonds. The van der Waals surface area contributed by atoms with Crippen LogP contribution in [0, 0.1) is 5.92 Å². The summed E-state index contributed by atoms with van der Waals surface area (Å²) in [5, 5.41) is 10.3. The Balaban J connectivity index is 1.88. The number of anilines is 1. The van der Waals surface area contributed by atoms with Crippen LogP contribution < -0.4 is 4.90 Å². The second-order valence-corrected chi connectivity index (χ2v) is 7.60. The minimum Gasteiger partial charge on any atom is -0.477 e. The minimum absolute atomic E-state index is 0.161. The maximum absolute atomic E-state index is 11.4. The van der Waals surface area contributed by atoms with E-state index >= 15 is 0 Å². The van der Waals surface area contributed by atoms with Crippen molar-refractivity contribution in [1.29, 1.82) is 0 Å². The molecular formula is C16H24N2O2S. The number of aromatic nitrogens is 1. The zero-order valence-corrected chi connectivity index (χ0v) is 13.7. The lowest BCUT2D eigenvalue weighted by Gasteiger charge is -2.29. The van der Waals surface area contributed by atoms with E-state index in [9.17, 15) is 9.90 Å². The Morgan fingerprint density at radius 3 is 2.57 bits per heavy atom. The van der Waals surface area contributed by atoms with E-state index in [-0.39, 0.29) is 5.92 Å². The molecule has 2 aliphatic rings. The number of rotatable bonds is 4. The summed E-state index contributed by atoms with van der Waals surface area (Å²) < 4.78 is 0. The summed E-state index contributed by atoms with van der Waals surface area (Å²) in [6.07, 6.45) is 7.81. The van der Waals surface area contributed by atoms with E-state index in [0.29, 0.717) is 10.9 Å². The molecule has 1 aromatic rings. The topological polar surface area (TPSA) is 53.4 Å². The van der Waals surface area contributed by atoms with Gasteiger partial charge in [0.15, 0.2) is 5.13 Å². The number of thiazole rings is 1. The highest BCUT2D eigenvalue weighted by molar-refractivity contribution is 7.17. The average Bonchev–Trinajstić information content (AvgIpc) is 3.17. The van der Waals surface area contributed by atoms with Gasteiger partial charge in [-0.15, -0.1) is 0 Å². The number of carbonyl (C=O) groups is 1. The molecule has 3 rings (SSSR count). The third-order valence-corrected chi connectivity index (χ3v) is 5.97. The Labute approximate surface area is 130 Å². The number of hydrogen-bond donors (Lipinski definition) is 1. The van der Waals surface area contributed by atoms with E-state index in [4.69, 9.17) is 4.98 Å². The van der Waals surface area contributed by atoms with Crippen LogP contribution in [-0.2, 0) is 0 Å². The van der Waals surface area contributed by atoms with Crippen molar-refractivity contribution in [2.75, 3.05) is 11.4 Å². The molecule has 116 valence electrons. The Kier molecular flexibility index (Phi) is 4.20. The van der Waals surface area contributed by atoms with Crippen molar-refractivity contribution in [3.8, 4) is 0 Å². The van der Waals surface area contributed by atoms with E-state index in [1.165, 1.54) is 49.9 Å². The van der Waals surface area contributed by atoms with E-state index in [1.54, 1.807) is 0 Å². The van der Waals surface area contributed by atoms with E-state index in [1.807, 2.05) is 13.8 Å². The summed E-state index contributed by atoms with van der Waals surface area (Å²) in [7, 11) is 0. The Morgan fingerprint density at radius 2 is 2.00 bits per heavy atom. The van der Waals surface area contributed by atoms with Crippen LogP contribution >= 0.6 is 11.3 Å². The molecule has 1 aliphatic carbocycles. The monoisotopic (exact) mass is 308 g/mol. The van der Waals surface area contributed by atoms with Gasteiger partial charge in [-0.2, -0.15) is 0 Å². The van der Waals surface area contributed by atoms with Crippen LogP contribution in [0.15, 0.2) is 0 Å². The van der Waals surface area contributed by atoms with Crippen LogP contribution in [0.3, 0.4) is 0 Å². The molecule has 4 nitrogen and oxygen atoms in total. The molecule has 0 aromatic carbocycles. The zero-order valence-electron chi connectivity index (χ0n) is 12.8. The normalized spacial score (nSPS) is 23.4. The van der Waals surface area contributed by atoms with Gasteiger partial charge in [0.2, 0.25) is 0 Å². The smallest absolute Gasteiger partial charge is 0.347 e. The van der Waals surface area contributed by atoms with Gasteiger partial charge in [0.25, 0.3) is 0 Å². The lowest BCUT2D eigenvalue weighted by molar-refractivity contribution is 0.0700. The molecule has 1 atom stereocenters. The number of carboxylic acids is 1. The molecule has 1 aliphatic heterocycles. The highest BCUT2D eigenvalue weighted by atomic mass is 32.1. The number of nitrogens with zero attached hydrogens (tertiary/aromatic N) is 2. The summed E-state index contributed by atoms with van der Waals surface area (Å²) in [5.41, 5.74) is 0.750. The fourth-order valence-electron chi connectivity index (χ4n) is 3.85. The fraction of sp³-hybridized carbons (Fsp3) is 0.750. The van der Waals surface area contributed by atoms with Crippen molar-refractivity contribution >= 4 is 22.4 Å². The third-order valence-electron chi connectivity index (χ3n) is 4.87. The molecule has 1 aromatic heterocycles. The highest BCUT2D eigenvalue weighted by Gasteiger charge is 2.35. The van der Waals surface area contributed by atoms with Crippen LogP contribution in [0.2, 0.25) is 0 Å². The number of carboxylic acid groups (broad SMARTS) is 1. The van der Waals surface area contributed by atoms with Gasteiger partial charge in [0.1, 0.15) is 4.88 Å². The third kappa shape index (κ3) is 2.80. The molecule has 2 fully saturated rings. The summed E-state index contributed by atoms with van der Waals surface area (Å²) in [5.74, 6) is 0.111. The van der Waals surface area contributed by atoms with Gasteiger partial charge < -0.3 is 10.0 Å². The van der Waals surface area contributed by atoms with Crippen LogP contribution in [0.5, 0.6) is 0 Å². The largest absolute Gasteiger partial charge is 0.477 e. The van der Waals surface area contributed by atoms with E-state index in [0.717, 1.165) is 23.3 Å². The molecule has 1 N–H and O–H groups in total. The van der Waals surface area contributed by atoms with Crippen molar-refractivity contribution in [1.82, 2.24) is 4.98 Å². The molecule has 1 saturated carbocycles. The van der Waals surface area contributed by atoms with Crippen molar-refractivity contribution < 1.29 is 9.90 Å². The summed E-state index contributed by atoms with van der Waals surface area (Å²) in [4.78, 5) is 19.0. The van der Waals surface area contributed by atoms with Gasteiger partial charge in [-0.25, -0.2) is 9.78 Å². The maximum atomic E-state index is 11.4. The predicted octanol–water partition coefficient (Wildman–Crippen LogP) is 4.12. The molecule has 21 heavy (non-hydrogen) atoms. The molecule has 0 spiro atoms. The highest BCUT2D eigenvalue weighted by Crippen LogP contribution is 2.40. The second-order valence-electron chi connectivity index (χ2n) is 6.62. The maximum Gasteiger partial charge on any atom is 0.347 e. The van der Waals surface area contributed by atoms with Crippen LogP contribution in [0.25, 0.3) is 0 Å². The SMILES string of the molecule is CC(C)c1nc(N2CCCC2C2CCCC2)sc1C(=O)O. The first-order valence-corrected chi connectivity index (χ1v) is 8.90. The van der Waals surface area contributed by atoms with Crippen LogP contribution in [0.1, 0.15) is 73.7 Å². The Morgan fingerprint density at radius 1 is 1.29 bits per heavy atom. The van der Waals surface area contributed by atoms with Gasteiger partial charge in [-0.1, -0.05) is 38.0 Å². The summed E-state index contributed by atoms with van der Waals surface area (Å²) in [6.45, 7) is 5.07. The molecule has 0 bridgehead atoms. The van der Waals surface area contributed by atoms with Gasteiger partial charge in [0, 0.05) is 12.6 Å². The van der Waals surface area contributed by atoms with Crippen molar-refractivity contribution in [3.63, 3.8) is 0 Å². The van der Waals surface area contributed by atoms with Crippen LogP contribution in [0.4, 0.5) is 5.13 Å². The standard InChI is InChI=1S/C16H24N2O2S/c1-10(2)13-14(15(19)20)21-16(17-13)18-9-5-8-12(18)11-6-3-4-7-11/h10-12H,3-9H2,1-2H3,(H,19,20). The quantitative estimate of drug-likeness (QED) is 0.909. The fourth-order valence-corrected chi connectivity index (χ4v) is 4.99. The van der Waals surface area contributed by atoms with Crippen molar-refractivity contribution in [2.24, 2.45) is 5.92 Å². The first-order valence-electron chi connectivity index (χ1n) is 8.08. The van der Waals surface area contributed by atoms with Crippen molar-refractivity contribution in [2.45, 2.75) is 64.3 Å². The predicted molar refractivity (Wildman–Crippen MR) is 85.5 cm³/mol. The van der Waals surface area contributed by atoms with Crippen molar-refractivity contribution in [3.05, 3.63) is 10.6 Å². The molecule has 1 saturated heterocycles. The minimum atomic E-state index is -0.834. The van der Waals surface area contributed by atoms with E-state index in [2.05, 4.69) is 4.90 Å². The average molecular weight is 308 g/mol. The number of hydrogen-bond acceptors (Lipinski definition) is 4. The Bertz CT molecular complexity index is 520. The second kappa shape index (κ2) is 5.95. The van der Waals surface area contributed by atoms with E-state index < -0.39 is 5.97 Å². The summed E-state index contributed by atoms with van der Waals surface area (Å²) in [6, 6.07) is 0.584. The van der Waals surface area contributed by atoms with Gasteiger partial charge >= 0.3 is 5.97 Å². The van der Waals surface area contributed by atoms with Gasteiger partial charge in [-0.3, -0.25) is 0 Å². The first kappa shape index (κ1) is 14.8. The molecule has 1 unspecified atom stereocenters. The molecule has 2 heterocycles. The zero-order chi connectivity index (χ0) is 15.0. The molecular weight excluding hydrogens is 284 g/mol. The van der Waals surface area contributed by atoms with Crippen LogP contribution in [-0.4, -0.2) is 28.6 Å².